The highest BCUT2D eigenvalue weighted by Crippen LogP contribution is 2.30. The quantitative estimate of drug-likeness (QED) is 0.771. The summed E-state index contributed by atoms with van der Waals surface area (Å²) < 4.78 is 0. The van der Waals surface area contributed by atoms with Crippen LogP contribution in [0, 0.1) is 19.8 Å². The average Bonchev–Trinajstić information content (AvgIpc) is 3.14. The number of hydrogen-bond acceptors (Lipinski definition) is 5. The van der Waals surface area contributed by atoms with E-state index in [2.05, 4.69) is 37.4 Å². The van der Waals surface area contributed by atoms with Gasteiger partial charge in [0.1, 0.15) is 0 Å². The van der Waals surface area contributed by atoms with Crippen molar-refractivity contribution in [3.8, 4) is 0 Å². The Labute approximate surface area is 140 Å². The lowest BCUT2D eigenvalue weighted by Gasteiger charge is -2.18. The highest BCUT2D eigenvalue weighted by Gasteiger charge is 2.33. The van der Waals surface area contributed by atoms with Crippen LogP contribution in [0.15, 0.2) is 30.3 Å². The van der Waals surface area contributed by atoms with E-state index >= 15 is 0 Å². The second-order valence-corrected chi connectivity index (χ2v) is 6.63. The molecule has 0 spiro atoms. The fourth-order valence-electron chi connectivity index (χ4n) is 3.53. The van der Waals surface area contributed by atoms with Crippen molar-refractivity contribution in [2.24, 2.45) is 5.92 Å². The molecule has 0 saturated carbocycles. The summed E-state index contributed by atoms with van der Waals surface area (Å²) >= 11 is 0. The summed E-state index contributed by atoms with van der Waals surface area (Å²) in [6.07, 6.45) is 0.378. The molecule has 1 aliphatic heterocycles. The van der Waals surface area contributed by atoms with Crippen molar-refractivity contribution in [3.63, 3.8) is 0 Å². The third-order valence-corrected chi connectivity index (χ3v) is 4.79. The van der Waals surface area contributed by atoms with Crippen LogP contribution < -0.4 is 4.90 Å². The molecule has 4 rings (SSSR count). The molecule has 3 aromatic rings. The number of aliphatic hydroxyl groups excluding tert-OH is 1. The number of hydrogen-bond donors (Lipinski definition) is 2. The summed E-state index contributed by atoms with van der Waals surface area (Å²) in [5, 5.41) is 28.7. The molecular formula is C18H21N5O. The number of rotatable bonds is 3. The zero-order valence-corrected chi connectivity index (χ0v) is 13.9. The molecule has 2 N–H and O–H groups in total. The van der Waals surface area contributed by atoms with Gasteiger partial charge >= 0.3 is 0 Å². The minimum atomic E-state index is -0.385. The molecule has 1 aliphatic rings. The second kappa shape index (κ2) is 5.87. The van der Waals surface area contributed by atoms with Crippen molar-refractivity contribution >= 4 is 16.6 Å². The monoisotopic (exact) mass is 323 g/mol. The zero-order chi connectivity index (χ0) is 16.7. The van der Waals surface area contributed by atoms with Gasteiger partial charge in [-0.15, -0.1) is 5.10 Å². The van der Waals surface area contributed by atoms with E-state index in [0.29, 0.717) is 6.54 Å². The van der Waals surface area contributed by atoms with E-state index in [1.165, 1.54) is 0 Å². The Bertz CT molecular complexity index is 875. The van der Waals surface area contributed by atoms with E-state index < -0.39 is 0 Å². The first-order valence-corrected chi connectivity index (χ1v) is 8.28. The van der Waals surface area contributed by atoms with Gasteiger partial charge < -0.3 is 10.0 Å². The summed E-state index contributed by atoms with van der Waals surface area (Å²) in [5.41, 5.74) is 2.97. The van der Waals surface area contributed by atoms with Crippen molar-refractivity contribution in [2.45, 2.75) is 26.4 Å². The Kier molecular flexibility index (Phi) is 3.69. The summed E-state index contributed by atoms with van der Waals surface area (Å²) in [7, 11) is 0. The van der Waals surface area contributed by atoms with Gasteiger partial charge in [-0.2, -0.15) is 10.2 Å². The van der Waals surface area contributed by atoms with Crippen LogP contribution in [0.4, 0.5) is 5.82 Å². The average molecular weight is 323 g/mol. The van der Waals surface area contributed by atoms with Gasteiger partial charge in [0, 0.05) is 35.5 Å². The van der Waals surface area contributed by atoms with E-state index in [4.69, 9.17) is 0 Å². The maximum absolute atomic E-state index is 10.5. The molecule has 1 aromatic carbocycles. The van der Waals surface area contributed by atoms with Crippen molar-refractivity contribution < 1.29 is 5.11 Å². The summed E-state index contributed by atoms with van der Waals surface area (Å²) in [5.74, 6) is 1.01. The van der Waals surface area contributed by atoms with Crippen LogP contribution in [0.2, 0.25) is 0 Å². The smallest absolute Gasteiger partial charge is 0.159 e. The van der Waals surface area contributed by atoms with Crippen LogP contribution in [0.25, 0.3) is 10.8 Å². The SMILES string of the molecule is Cc1cc(C[C@@H]2CN(c3nnc(C)c4ccccc34)C[C@@H]2O)n[nH]1. The van der Waals surface area contributed by atoms with E-state index in [-0.39, 0.29) is 12.0 Å². The first-order valence-electron chi connectivity index (χ1n) is 8.28. The predicted molar refractivity (Wildman–Crippen MR) is 93.0 cm³/mol. The van der Waals surface area contributed by atoms with Crippen molar-refractivity contribution in [2.75, 3.05) is 18.0 Å². The Morgan fingerprint density at radius 1 is 1.17 bits per heavy atom. The van der Waals surface area contributed by atoms with E-state index in [0.717, 1.165) is 46.6 Å². The number of anilines is 1. The number of benzene rings is 1. The van der Waals surface area contributed by atoms with Crippen LogP contribution in [-0.2, 0) is 6.42 Å². The number of nitrogens with zero attached hydrogens (tertiary/aromatic N) is 4. The van der Waals surface area contributed by atoms with Crippen LogP contribution in [0.3, 0.4) is 0 Å². The minimum Gasteiger partial charge on any atom is -0.391 e. The zero-order valence-electron chi connectivity index (χ0n) is 13.9. The Morgan fingerprint density at radius 2 is 1.96 bits per heavy atom. The number of nitrogens with one attached hydrogen (secondary N) is 1. The van der Waals surface area contributed by atoms with Gasteiger partial charge in [0.2, 0.25) is 0 Å². The maximum atomic E-state index is 10.5. The highest BCUT2D eigenvalue weighted by atomic mass is 16.3. The standard InChI is InChI=1S/C18H21N5O/c1-11-7-14(21-19-11)8-13-9-23(10-17(13)24)18-16-6-4-3-5-15(16)12(2)20-22-18/h3-7,13,17,24H,8-10H2,1-2H3,(H,19,21)/t13-,17+/m1/s1. The predicted octanol–water partition coefficient (Wildman–Crippen LogP) is 2.01. The first kappa shape index (κ1) is 15.1. The third-order valence-electron chi connectivity index (χ3n) is 4.79. The summed E-state index contributed by atoms with van der Waals surface area (Å²) in [4.78, 5) is 2.14. The lowest BCUT2D eigenvalue weighted by molar-refractivity contribution is 0.148. The molecule has 2 atom stereocenters. The molecule has 3 heterocycles. The molecule has 0 amide bonds. The van der Waals surface area contributed by atoms with Gasteiger partial charge in [0.05, 0.1) is 17.5 Å². The Hall–Kier alpha value is -2.47. The number of fused-ring (bicyclic) bond motifs is 1. The number of aryl methyl sites for hydroxylation is 2. The molecule has 124 valence electrons. The number of aromatic nitrogens is 4. The molecule has 24 heavy (non-hydrogen) atoms. The largest absolute Gasteiger partial charge is 0.391 e. The van der Waals surface area contributed by atoms with E-state index in [1.54, 1.807) is 0 Å². The molecule has 1 fully saturated rings. The molecule has 1 saturated heterocycles. The van der Waals surface area contributed by atoms with Gasteiger partial charge in [-0.1, -0.05) is 24.3 Å². The number of H-pyrrole nitrogens is 1. The number of β-amino-alcohol motifs (C(OH)–C–C–N with tert-alkyl or cyclic N) is 1. The minimum absolute atomic E-state index is 0.148. The van der Waals surface area contributed by atoms with Crippen LogP contribution in [-0.4, -0.2) is 44.7 Å². The summed E-state index contributed by atoms with van der Waals surface area (Å²) in [6.45, 7) is 5.30. The van der Waals surface area contributed by atoms with Crippen molar-refractivity contribution in [1.82, 2.24) is 20.4 Å². The number of aliphatic hydroxyl groups is 1. The van der Waals surface area contributed by atoms with Gasteiger partial charge in [0.25, 0.3) is 0 Å². The molecule has 0 aliphatic carbocycles. The maximum Gasteiger partial charge on any atom is 0.159 e. The second-order valence-electron chi connectivity index (χ2n) is 6.63. The molecule has 2 aromatic heterocycles. The van der Waals surface area contributed by atoms with Crippen LogP contribution in [0.1, 0.15) is 17.1 Å². The lowest BCUT2D eigenvalue weighted by Crippen LogP contribution is -2.23. The third kappa shape index (κ3) is 2.63. The molecule has 0 unspecified atom stereocenters. The van der Waals surface area contributed by atoms with Crippen LogP contribution in [0.5, 0.6) is 0 Å². The highest BCUT2D eigenvalue weighted by molar-refractivity contribution is 5.93. The Morgan fingerprint density at radius 3 is 2.71 bits per heavy atom. The molecule has 6 heteroatoms. The van der Waals surface area contributed by atoms with Crippen LogP contribution >= 0.6 is 0 Å². The molecule has 0 radical (unpaired) electrons. The molecule has 0 bridgehead atoms. The molecule has 6 nitrogen and oxygen atoms in total. The van der Waals surface area contributed by atoms with E-state index in [1.807, 2.05) is 32.0 Å². The number of aromatic amines is 1. The fourth-order valence-corrected chi connectivity index (χ4v) is 3.53. The topological polar surface area (TPSA) is 77.9 Å². The van der Waals surface area contributed by atoms with Crippen molar-refractivity contribution in [3.05, 3.63) is 47.4 Å². The fraction of sp³-hybridized carbons (Fsp3) is 0.389. The lowest BCUT2D eigenvalue weighted by atomic mass is 10.0. The first-order chi connectivity index (χ1) is 11.6. The normalized spacial score (nSPS) is 20.9. The van der Waals surface area contributed by atoms with Gasteiger partial charge in [-0.25, -0.2) is 0 Å². The summed E-state index contributed by atoms with van der Waals surface area (Å²) in [6, 6.07) is 10.2. The van der Waals surface area contributed by atoms with Gasteiger partial charge in [0.15, 0.2) is 5.82 Å². The van der Waals surface area contributed by atoms with Gasteiger partial charge in [-0.3, -0.25) is 5.10 Å². The Balaban J connectivity index is 1.61. The van der Waals surface area contributed by atoms with E-state index in [9.17, 15) is 5.11 Å². The van der Waals surface area contributed by atoms with Gasteiger partial charge in [-0.05, 0) is 26.3 Å². The molecular weight excluding hydrogens is 302 g/mol. The van der Waals surface area contributed by atoms with Crippen molar-refractivity contribution in [1.29, 1.82) is 0 Å².